The first-order valence-corrected chi connectivity index (χ1v) is 12.0. The molecule has 0 unspecified atom stereocenters. The zero-order valence-electron chi connectivity index (χ0n) is 20.3. The SMILES string of the molecule is Cn1cnc(C2CCC(N3C[C@H](C(=O)OC(=O)C(F)(F)F)OC[C@@H]3Cc3ccc(C(F)(F)F)cc3)CC2)n1. The summed E-state index contributed by atoms with van der Waals surface area (Å²) in [6, 6.07) is 4.27. The van der Waals surface area contributed by atoms with E-state index in [9.17, 15) is 35.9 Å². The number of nitrogens with zero attached hydrogens (tertiary/aromatic N) is 4. The lowest BCUT2D eigenvalue weighted by Crippen LogP contribution is -2.57. The van der Waals surface area contributed by atoms with Gasteiger partial charge in [0.15, 0.2) is 11.9 Å². The number of esters is 2. The van der Waals surface area contributed by atoms with Gasteiger partial charge >= 0.3 is 24.3 Å². The van der Waals surface area contributed by atoms with Crippen LogP contribution in [0.25, 0.3) is 0 Å². The Hall–Kier alpha value is -3.00. The van der Waals surface area contributed by atoms with Gasteiger partial charge in [0.05, 0.1) is 12.2 Å². The molecule has 208 valence electrons. The van der Waals surface area contributed by atoms with E-state index < -0.39 is 36.0 Å². The fourth-order valence-corrected chi connectivity index (χ4v) is 5.01. The molecule has 4 rings (SSSR count). The third kappa shape index (κ3) is 6.70. The van der Waals surface area contributed by atoms with E-state index >= 15 is 0 Å². The van der Waals surface area contributed by atoms with Crippen molar-refractivity contribution in [3.63, 3.8) is 0 Å². The molecule has 1 saturated carbocycles. The van der Waals surface area contributed by atoms with E-state index in [1.165, 1.54) is 12.1 Å². The van der Waals surface area contributed by atoms with E-state index in [1.54, 1.807) is 18.1 Å². The number of hydrogen-bond acceptors (Lipinski definition) is 7. The summed E-state index contributed by atoms with van der Waals surface area (Å²) in [5.74, 6) is -3.20. The van der Waals surface area contributed by atoms with Crippen molar-refractivity contribution in [2.75, 3.05) is 13.2 Å². The molecule has 0 radical (unpaired) electrons. The number of carbonyl (C=O) groups excluding carboxylic acids is 2. The second-order valence-corrected chi connectivity index (χ2v) is 9.56. The number of hydrogen-bond donors (Lipinski definition) is 0. The molecule has 0 N–H and O–H groups in total. The van der Waals surface area contributed by atoms with Gasteiger partial charge < -0.3 is 9.47 Å². The standard InChI is InChI=1S/C24H26F6N4O4/c1-33-13-31-20(32-33)15-4-8-17(9-5-15)34-11-19(21(35)38-22(36)24(28,29)30)37-12-18(34)10-14-2-6-16(7-3-14)23(25,26)27/h2-3,6-7,13,15,17-19H,4-5,8-12H2,1H3/t15?,17?,18-,19+/m0/s1. The normalized spacial score (nSPS) is 25.2. The van der Waals surface area contributed by atoms with Gasteiger partial charge in [0.2, 0.25) is 0 Å². The van der Waals surface area contributed by atoms with Gasteiger partial charge in [-0.15, -0.1) is 0 Å². The molecule has 2 heterocycles. The highest BCUT2D eigenvalue weighted by atomic mass is 19.4. The highest BCUT2D eigenvalue weighted by Crippen LogP contribution is 2.36. The number of ether oxygens (including phenoxy) is 2. The average Bonchev–Trinajstić information content (AvgIpc) is 3.30. The number of alkyl halides is 6. The first-order valence-electron chi connectivity index (χ1n) is 12.0. The number of carbonyl (C=O) groups is 2. The Morgan fingerprint density at radius 2 is 1.71 bits per heavy atom. The van der Waals surface area contributed by atoms with E-state index in [1.807, 2.05) is 4.90 Å². The number of morpholine rings is 1. The third-order valence-electron chi connectivity index (χ3n) is 6.92. The Kier molecular flexibility index (Phi) is 8.12. The molecule has 0 spiro atoms. The lowest BCUT2D eigenvalue weighted by atomic mass is 9.83. The molecule has 1 aliphatic heterocycles. The molecule has 1 aliphatic carbocycles. The summed E-state index contributed by atoms with van der Waals surface area (Å²) in [6.07, 6.45) is -6.48. The lowest BCUT2D eigenvalue weighted by Gasteiger charge is -2.45. The zero-order valence-corrected chi connectivity index (χ0v) is 20.3. The Balaban J connectivity index is 1.47. The van der Waals surface area contributed by atoms with Gasteiger partial charge in [0.25, 0.3) is 0 Å². The van der Waals surface area contributed by atoms with Crippen LogP contribution in [0.15, 0.2) is 30.6 Å². The molecule has 14 heteroatoms. The smallest absolute Gasteiger partial charge is 0.384 e. The summed E-state index contributed by atoms with van der Waals surface area (Å²) in [5.41, 5.74) is -0.173. The number of aryl methyl sites for hydroxylation is 1. The molecule has 2 atom stereocenters. The van der Waals surface area contributed by atoms with E-state index in [4.69, 9.17) is 4.74 Å². The second kappa shape index (κ2) is 11.0. The number of benzene rings is 1. The van der Waals surface area contributed by atoms with E-state index in [-0.39, 0.29) is 31.2 Å². The summed E-state index contributed by atoms with van der Waals surface area (Å²) >= 11 is 0. The first-order chi connectivity index (χ1) is 17.8. The maximum atomic E-state index is 12.9. The van der Waals surface area contributed by atoms with Gasteiger partial charge in [0.1, 0.15) is 6.33 Å². The van der Waals surface area contributed by atoms with Crippen LogP contribution in [0.1, 0.15) is 48.6 Å². The minimum Gasteiger partial charge on any atom is -0.384 e. The zero-order chi connectivity index (χ0) is 27.7. The van der Waals surface area contributed by atoms with Crippen LogP contribution in [-0.2, 0) is 38.7 Å². The first kappa shape index (κ1) is 28.0. The van der Waals surface area contributed by atoms with Crippen LogP contribution in [0, 0.1) is 0 Å². The van der Waals surface area contributed by atoms with Crippen molar-refractivity contribution in [2.24, 2.45) is 7.05 Å². The van der Waals surface area contributed by atoms with E-state index in [0.717, 1.165) is 30.8 Å². The van der Waals surface area contributed by atoms with Crippen LogP contribution in [0.5, 0.6) is 0 Å². The Bertz CT molecular complexity index is 1130. The molecule has 2 aliphatic rings. The fourth-order valence-electron chi connectivity index (χ4n) is 5.01. The molecule has 1 saturated heterocycles. The summed E-state index contributed by atoms with van der Waals surface area (Å²) in [6.45, 7) is -0.199. The summed E-state index contributed by atoms with van der Waals surface area (Å²) in [7, 11) is 1.77. The van der Waals surface area contributed by atoms with Gasteiger partial charge in [-0.05, 0) is 49.8 Å². The van der Waals surface area contributed by atoms with Crippen molar-refractivity contribution < 1.29 is 45.4 Å². The topological polar surface area (TPSA) is 86.6 Å². The molecule has 2 fully saturated rings. The van der Waals surface area contributed by atoms with E-state index in [0.29, 0.717) is 24.8 Å². The molecular weight excluding hydrogens is 522 g/mol. The van der Waals surface area contributed by atoms with Crippen molar-refractivity contribution in [1.82, 2.24) is 19.7 Å². The van der Waals surface area contributed by atoms with Crippen molar-refractivity contribution >= 4 is 11.9 Å². The molecular formula is C24H26F6N4O4. The minimum atomic E-state index is -5.33. The second-order valence-electron chi connectivity index (χ2n) is 9.56. The Morgan fingerprint density at radius 1 is 1.05 bits per heavy atom. The molecule has 0 bridgehead atoms. The number of rotatable bonds is 5. The highest BCUT2D eigenvalue weighted by Gasteiger charge is 2.45. The number of aromatic nitrogens is 3. The van der Waals surface area contributed by atoms with Gasteiger partial charge in [-0.25, -0.2) is 14.6 Å². The molecule has 8 nitrogen and oxygen atoms in total. The third-order valence-corrected chi connectivity index (χ3v) is 6.92. The van der Waals surface area contributed by atoms with Crippen LogP contribution in [0.2, 0.25) is 0 Å². The van der Waals surface area contributed by atoms with Crippen LogP contribution < -0.4 is 0 Å². The van der Waals surface area contributed by atoms with Gasteiger partial charge in [-0.2, -0.15) is 31.4 Å². The summed E-state index contributed by atoms with van der Waals surface area (Å²) in [5, 5.41) is 4.36. The van der Waals surface area contributed by atoms with E-state index in [2.05, 4.69) is 14.8 Å². The predicted octanol–water partition coefficient (Wildman–Crippen LogP) is 3.80. The van der Waals surface area contributed by atoms with Crippen LogP contribution >= 0.6 is 0 Å². The van der Waals surface area contributed by atoms with Crippen molar-refractivity contribution in [2.45, 2.75) is 68.6 Å². The van der Waals surface area contributed by atoms with Crippen molar-refractivity contribution in [3.8, 4) is 0 Å². The monoisotopic (exact) mass is 548 g/mol. The largest absolute Gasteiger partial charge is 0.491 e. The predicted molar refractivity (Wildman–Crippen MR) is 119 cm³/mol. The fraction of sp³-hybridized carbons (Fsp3) is 0.583. The lowest BCUT2D eigenvalue weighted by molar-refractivity contribution is -0.207. The maximum absolute atomic E-state index is 12.9. The van der Waals surface area contributed by atoms with Gasteiger partial charge in [-0.1, -0.05) is 12.1 Å². The maximum Gasteiger partial charge on any atom is 0.491 e. The molecule has 1 aromatic carbocycles. The van der Waals surface area contributed by atoms with Gasteiger partial charge in [0, 0.05) is 31.6 Å². The van der Waals surface area contributed by atoms with Crippen molar-refractivity contribution in [1.29, 1.82) is 0 Å². The van der Waals surface area contributed by atoms with Crippen LogP contribution in [0.3, 0.4) is 0 Å². The molecule has 38 heavy (non-hydrogen) atoms. The molecule has 1 aromatic heterocycles. The molecule has 0 amide bonds. The Morgan fingerprint density at radius 3 is 2.26 bits per heavy atom. The highest BCUT2D eigenvalue weighted by molar-refractivity contribution is 5.90. The molecule has 2 aromatic rings. The Labute approximate surface area is 213 Å². The summed E-state index contributed by atoms with van der Waals surface area (Å²) < 4.78 is 87.6. The quantitative estimate of drug-likeness (QED) is 0.319. The summed E-state index contributed by atoms with van der Waals surface area (Å²) in [4.78, 5) is 29.7. The number of halogens is 6. The average molecular weight is 548 g/mol. The van der Waals surface area contributed by atoms with Crippen molar-refractivity contribution in [3.05, 3.63) is 47.5 Å². The minimum absolute atomic E-state index is 0.0769. The van der Waals surface area contributed by atoms with Crippen LogP contribution in [0.4, 0.5) is 26.3 Å². The van der Waals surface area contributed by atoms with Gasteiger partial charge in [-0.3, -0.25) is 9.58 Å². The van der Waals surface area contributed by atoms with Crippen LogP contribution in [-0.4, -0.2) is 69.1 Å².